The molecule has 4 rings (SSSR count). The Bertz CT molecular complexity index is 909. The molecule has 0 bridgehead atoms. The topological polar surface area (TPSA) is 57.6 Å². The number of phenols is 1. The molecule has 132 valence electrons. The van der Waals surface area contributed by atoms with E-state index in [-0.39, 0.29) is 5.75 Å². The van der Waals surface area contributed by atoms with Gasteiger partial charge in [-0.1, -0.05) is 24.3 Å². The van der Waals surface area contributed by atoms with Crippen LogP contribution in [0.3, 0.4) is 0 Å². The standard InChI is InChI=1S/C21H21N3O2/c1-26-19-4-2-3-15(11-19)14-24-10-9-22-21-20(24)12-17(13-23-21)16-5-7-18(25)8-6-16/h2-8,11-13,25H,9-10,14H2,1H3,(H,22,23). The Balaban J connectivity index is 1.65. The fraction of sp³-hybridized carbons (Fsp3) is 0.190. The van der Waals surface area contributed by atoms with Crippen molar-refractivity contribution < 1.29 is 9.84 Å². The summed E-state index contributed by atoms with van der Waals surface area (Å²) in [6.07, 6.45) is 1.87. The van der Waals surface area contributed by atoms with Gasteiger partial charge >= 0.3 is 0 Å². The summed E-state index contributed by atoms with van der Waals surface area (Å²) in [5.74, 6) is 2.04. The predicted molar refractivity (Wildman–Crippen MR) is 104 cm³/mol. The van der Waals surface area contributed by atoms with E-state index in [2.05, 4.69) is 33.4 Å². The minimum absolute atomic E-state index is 0.265. The second-order valence-corrected chi connectivity index (χ2v) is 6.34. The van der Waals surface area contributed by atoms with Crippen LogP contribution in [0.25, 0.3) is 11.1 Å². The molecule has 1 aliphatic heterocycles. The summed E-state index contributed by atoms with van der Waals surface area (Å²) >= 11 is 0. The lowest BCUT2D eigenvalue weighted by atomic mass is 10.1. The van der Waals surface area contributed by atoms with Crippen molar-refractivity contribution >= 4 is 11.5 Å². The zero-order valence-electron chi connectivity index (χ0n) is 14.6. The van der Waals surface area contributed by atoms with Gasteiger partial charge in [0.1, 0.15) is 17.3 Å². The quantitative estimate of drug-likeness (QED) is 0.750. The number of phenolic OH excluding ortho intramolecular Hbond substituents is 1. The second-order valence-electron chi connectivity index (χ2n) is 6.34. The van der Waals surface area contributed by atoms with Gasteiger partial charge in [0.2, 0.25) is 0 Å². The van der Waals surface area contributed by atoms with Gasteiger partial charge in [0, 0.05) is 31.4 Å². The lowest BCUT2D eigenvalue weighted by Gasteiger charge is -2.31. The van der Waals surface area contributed by atoms with Gasteiger partial charge in [-0.25, -0.2) is 4.98 Å². The Morgan fingerprint density at radius 3 is 2.77 bits per heavy atom. The van der Waals surface area contributed by atoms with E-state index < -0.39 is 0 Å². The third-order valence-corrected chi connectivity index (χ3v) is 4.59. The molecule has 3 aromatic rings. The molecule has 0 fully saturated rings. The predicted octanol–water partition coefficient (Wildman–Crippen LogP) is 3.89. The maximum atomic E-state index is 9.50. The molecule has 2 N–H and O–H groups in total. The number of nitrogens with one attached hydrogen (secondary N) is 1. The van der Waals surface area contributed by atoms with Crippen LogP contribution in [-0.2, 0) is 6.54 Å². The number of rotatable bonds is 4. The molecule has 0 aliphatic carbocycles. The summed E-state index contributed by atoms with van der Waals surface area (Å²) in [6, 6.07) is 17.5. The molecule has 26 heavy (non-hydrogen) atoms. The summed E-state index contributed by atoms with van der Waals surface area (Å²) in [4.78, 5) is 6.93. The van der Waals surface area contributed by atoms with Gasteiger partial charge in [-0.2, -0.15) is 0 Å². The Labute approximate surface area is 152 Å². The largest absolute Gasteiger partial charge is 0.508 e. The summed E-state index contributed by atoms with van der Waals surface area (Å²) in [6.45, 7) is 2.57. The molecule has 0 unspecified atom stereocenters. The van der Waals surface area contributed by atoms with E-state index in [0.29, 0.717) is 0 Å². The number of anilines is 2. The zero-order valence-corrected chi connectivity index (χ0v) is 14.6. The van der Waals surface area contributed by atoms with Crippen molar-refractivity contribution in [3.05, 3.63) is 66.4 Å². The first-order valence-corrected chi connectivity index (χ1v) is 8.64. The van der Waals surface area contributed by atoms with E-state index in [1.54, 1.807) is 19.2 Å². The maximum absolute atomic E-state index is 9.50. The molecule has 0 saturated carbocycles. The number of hydrogen-bond donors (Lipinski definition) is 2. The number of pyridine rings is 1. The van der Waals surface area contributed by atoms with Gasteiger partial charge in [0.15, 0.2) is 0 Å². The van der Waals surface area contributed by atoms with Crippen molar-refractivity contribution in [3.63, 3.8) is 0 Å². The minimum atomic E-state index is 0.265. The van der Waals surface area contributed by atoms with E-state index in [1.165, 1.54) is 5.56 Å². The summed E-state index contributed by atoms with van der Waals surface area (Å²) in [5, 5.41) is 12.9. The van der Waals surface area contributed by atoms with E-state index in [9.17, 15) is 5.11 Å². The number of ether oxygens (including phenoxy) is 1. The molecule has 2 heterocycles. The van der Waals surface area contributed by atoms with Crippen molar-refractivity contribution in [3.8, 4) is 22.6 Å². The van der Waals surface area contributed by atoms with Gasteiger partial charge in [-0.3, -0.25) is 0 Å². The number of hydrogen-bond acceptors (Lipinski definition) is 5. The molecule has 5 heteroatoms. The fourth-order valence-electron chi connectivity index (χ4n) is 3.23. The highest BCUT2D eigenvalue weighted by molar-refractivity contribution is 5.76. The average Bonchev–Trinajstić information content (AvgIpc) is 2.69. The van der Waals surface area contributed by atoms with E-state index in [1.807, 2.05) is 30.5 Å². The van der Waals surface area contributed by atoms with Crippen LogP contribution >= 0.6 is 0 Å². The highest BCUT2D eigenvalue weighted by Crippen LogP contribution is 2.33. The summed E-state index contributed by atoms with van der Waals surface area (Å²) in [7, 11) is 1.69. The van der Waals surface area contributed by atoms with E-state index >= 15 is 0 Å². The van der Waals surface area contributed by atoms with E-state index in [0.717, 1.165) is 48.0 Å². The number of aromatic hydroxyl groups is 1. The lowest BCUT2D eigenvalue weighted by Crippen LogP contribution is -2.34. The highest BCUT2D eigenvalue weighted by atomic mass is 16.5. The molecule has 0 radical (unpaired) electrons. The molecule has 1 aliphatic rings. The van der Waals surface area contributed by atoms with Gasteiger partial charge in [-0.15, -0.1) is 0 Å². The van der Waals surface area contributed by atoms with Crippen LogP contribution in [0.4, 0.5) is 11.5 Å². The Kier molecular flexibility index (Phi) is 4.35. The fourth-order valence-corrected chi connectivity index (χ4v) is 3.23. The first-order chi connectivity index (χ1) is 12.7. The molecule has 1 aromatic heterocycles. The second kappa shape index (κ2) is 6.96. The van der Waals surface area contributed by atoms with E-state index in [4.69, 9.17) is 4.74 Å². The number of benzene rings is 2. The third-order valence-electron chi connectivity index (χ3n) is 4.59. The Morgan fingerprint density at radius 1 is 1.12 bits per heavy atom. The van der Waals surface area contributed by atoms with Crippen LogP contribution in [0.1, 0.15) is 5.56 Å². The lowest BCUT2D eigenvalue weighted by molar-refractivity contribution is 0.414. The number of fused-ring (bicyclic) bond motifs is 1. The summed E-state index contributed by atoms with van der Waals surface area (Å²) in [5.41, 5.74) is 4.35. The van der Waals surface area contributed by atoms with Crippen LogP contribution in [0, 0.1) is 0 Å². The zero-order chi connectivity index (χ0) is 17.9. The molecule has 0 amide bonds. The van der Waals surface area contributed by atoms with Gasteiger partial charge < -0.3 is 20.1 Å². The van der Waals surface area contributed by atoms with Crippen LogP contribution < -0.4 is 15.0 Å². The van der Waals surface area contributed by atoms with Crippen molar-refractivity contribution in [2.75, 3.05) is 30.4 Å². The normalized spacial score (nSPS) is 13.0. The first kappa shape index (κ1) is 16.3. The first-order valence-electron chi connectivity index (χ1n) is 8.64. The van der Waals surface area contributed by atoms with Crippen LogP contribution in [0.2, 0.25) is 0 Å². The molecule has 0 spiro atoms. The monoisotopic (exact) mass is 347 g/mol. The maximum Gasteiger partial charge on any atom is 0.149 e. The smallest absolute Gasteiger partial charge is 0.149 e. The molecular formula is C21H21N3O2. The summed E-state index contributed by atoms with van der Waals surface area (Å²) < 4.78 is 5.34. The Hall–Kier alpha value is -3.21. The van der Waals surface area contributed by atoms with Gasteiger partial charge in [0.05, 0.1) is 12.8 Å². The minimum Gasteiger partial charge on any atom is -0.508 e. The Morgan fingerprint density at radius 2 is 1.96 bits per heavy atom. The van der Waals surface area contributed by atoms with Gasteiger partial charge in [0.25, 0.3) is 0 Å². The van der Waals surface area contributed by atoms with Crippen LogP contribution in [0.15, 0.2) is 60.8 Å². The average molecular weight is 347 g/mol. The molecule has 0 atom stereocenters. The number of aromatic nitrogens is 1. The van der Waals surface area contributed by atoms with Crippen LogP contribution in [0.5, 0.6) is 11.5 Å². The van der Waals surface area contributed by atoms with Gasteiger partial charge in [-0.05, 0) is 41.5 Å². The SMILES string of the molecule is COc1cccc(CN2CCNc3ncc(-c4ccc(O)cc4)cc32)c1. The van der Waals surface area contributed by atoms with Crippen molar-refractivity contribution in [1.29, 1.82) is 0 Å². The molecule has 0 saturated heterocycles. The number of methoxy groups -OCH3 is 1. The molecule has 5 nitrogen and oxygen atoms in total. The van der Waals surface area contributed by atoms with Crippen LogP contribution in [-0.4, -0.2) is 30.3 Å². The molecular weight excluding hydrogens is 326 g/mol. The number of nitrogens with zero attached hydrogens (tertiary/aromatic N) is 2. The van der Waals surface area contributed by atoms with Crippen molar-refractivity contribution in [1.82, 2.24) is 4.98 Å². The molecule has 2 aromatic carbocycles. The van der Waals surface area contributed by atoms with Crippen molar-refractivity contribution in [2.45, 2.75) is 6.54 Å². The third kappa shape index (κ3) is 3.28. The van der Waals surface area contributed by atoms with Crippen molar-refractivity contribution in [2.24, 2.45) is 0 Å². The highest BCUT2D eigenvalue weighted by Gasteiger charge is 2.19.